The number of hydrogen-bond acceptors (Lipinski definition) is 3. The van der Waals surface area contributed by atoms with E-state index in [1.807, 2.05) is 0 Å². The van der Waals surface area contributed by atoms with Crippen molar-refractivity contribution in [1.82, 2.24) is 5.32 Å². The Hall–Kier alpha value is -0.940. The first-order valence-corrected chi connectivity index (χ1v) is 8.56. The first-order valence-electron chi connectivity index (χ1n) is 6.74. The number of nitrogens with one attached hydrogen (secondary N) is 1. The summed E-state index contributed by atoms with van der Waals surface area (Å²) < 4.78 is 37.4. The molecule has 0 aliphatic carbocycles. The molecule has 1 heterocycles. The Morgan fingerprint density at radius 1 is 1.26 bits per heavy atom. The highest BCUT2D eigenvalue weighted by molar-refractivity contribution is 7.90. The summed E-state index contributed by atoms with van der Waals surface area (Å²) in [5.41, 5.74) is 0.263. The molecule has 1 unspecified atom stereocenters. The van der Waals surface area contributed by atoms with Crippen LogP contribution in [0.4, 0.5) is 4.39 Å². The van der Waals surface area contributed by atoms with Crippen LogP contribution in [0.2, 0.25) is 0 Å². The maximum Gasteiger partial charge on any atom is 0.154 e. The highest BCUT2D eigenvalue weighted by Crippen LogP contribution is 2.15. The molecule has 106 valence electrons. The summed E-state index contributed by atoms with van der Waals surface area (Å²) in [6.45, 7) is 0.970. The van der Waals surface area contributed by atoms with Gasteiger partial charge in [0, 0.05) is 11.6 Å². The van der Waals surface area contributed by atoms with Crippen LogP contribution in [0, 0.1) is 5.82 Å². The lowest BCUT2D eigenvalue weighted by molar-refractivity contribution is 0.392. The van der Waals surface area contributed by atoms with Crippen LogP contribution < -0.4 is 5.32 Å². The second kappa shape index (κ2) is 6.48. The summed E-state index contributed by atoms with van der Waals surface area (Å²) in [5.74, 6) is -0.521. The third kappa shape index (κ3) is 4.58. The number of hydrogen-bond donors (Lipinski definition) is 1. The predicted octanol–water partition coefficient (Wildman–Crippen LogP) is 2.27. The van der Waals surface area contributed by atoms with Crippen LogP contribution in [0.15, 0.2) is 24.3 Å². The van der Waals surface area contributed by atoms with Crippen LogP contribution in [-0.2, 0) is 15.6 Å². The van der Waals surface area contributed by atoms with Crippen molar-refractivity contribution >= 4 is 9.84 Å². The van der Waals surface area contributed by atoms with E-state index >= 15 is 0 Å². The molecule has 0 aromatic heterocycles. The van der Waals surface area contributed by atoms with Crippen molar-refractivity contribution in [3.05, 3.63) is 35.6 Å². The second-order valence-corrected chi connectivity index (χ2v) is 7.30. The fourth-order valence-electron chi connectivity index (χ4n) is 2.42. The van der Waals surface area contributed by atoms with E-state index in [-0.39, 0.29) is 17.1 Å². The summed E-state index contributed by atoms with van der Waals surface area (Å²) in [4.78, 5) is 0. The third-order valence-electron chi connectivity index (χ3n) is 3.52. The summed E-state index contributed by atoms with van der Waals surface area (Å²) in [6, 6.07) is 6.36. The van der Waals surface area contributed by atoms with Crippen LogP contribution in [0.25, 0.3) is 0 Å². The number of sulfone groups is 1. The molecule has 3 nitrogen and oxygen atoms in total. The quantitative estimate of drug-likeness (QED) is 0.902. The molecular weight excluding hydrogens is 265 g/mol. The molecule has 1 fully saturated rings. The van der Waals surface area contributed by atoms with Gasteiger partial charge in [0.25, 0.3) is 0 Å². The van der Waals surface area contributed by atoms with E-state index in [1.54, 1.807) is 12.1 Å². The van der Waals surface area contributed by atoms with E-state index in [0.717, 1.165) is 19.4 Å². The van der Waals surface area contributed by atoms with Crippen LogP contribution in [0.1, 0.15) is 31.2 Å². The van der Waals surface area contributed by atoms with Crippen LogP contribution in [0.5, 0.6) is 0 Å². The summed E-state index contributed by atoms with van der Waals surface area (Å²) in [7, 11) is -3.24. The molecule has 0 spiro atoms. The zero-order chi connectivity index (χ0) is 13.7. The molecule has 1 N–H and O–H groups in total. The SMILES string of the molecule is O=S(=O)(CCC1CCCCN1)Cc1ccccc1F. The summed E-state index contributed by atoms with van der Waals surface area (Å²) in [6.07, 6.45) is 3.98. The highest BCUT2D eigenvalue weighted by atomic mass is 32.2. The lowest BCUT2D eigenvalue weighted by Crippen LogP contribution is -2.35. The molecule has 1 atom stereocenters. The van der Waals surface area contributed by atoms with Crippen molar-refractivity contribution in [2.24, 2.45) is 0 Å². The molecule has 1 saturated heterocycles. The molecule has 1 aromatic carbocycles. The normalized spacial score (nSPS) is 20.4. The second-order valence-electron chi connectivity index (χ2n) is 5.12. The summed E-state index contributed by atoms with van der Waals surface area (Å²) >= 11 is 0. The Kier molecular flexibility index (Phi) is 4.93. The first kappa shape index (κ1) is 14.5. The average Bonchev–Trinajstić information content (AvgIpc) is 2.40. The fraction of sp³-hybridized carbons (Fsp3) is 0.571. The van der Waals surface area contributed by atoms with Gasteiger partial charge in [0.15, 0.2) is 9.84 Å². The lowest BCUT2D eigenvalue weighted by atomic mass is 10.0. The molecule has 2 rings (SSSR count). The van der Waals surface area contributed by atoms with E-state index < -0.39 is 15.7 Å². The molecule has 1 aromatic rings. The van der Waals surface area contributed by atoms with Gasteiger partial charge < -0.3 is 5.32 Å². The molecule has 0 radical (unpaired) electrons. The zero-order valence-electron chi connectivity index (χ0n) is 10.9. The van der Waals surface area contributed by atoms with E-state index in [4.69, 9.17) is 0 Å². The Morgan fingerprint density at radius 3 is 2.74 bits per heavy atom. The van der Waals surface area contributed by atoms with E-state index in [1.165, 1.54) is 18.6 Å². The van der Waals surface area contributed by atoms with E-state index in [0.29, 0.717) is 12.5 Å². The summed E-state index contributed by atoms with van der Waals surface area (Å²) in [5, 5.41) is 3.33. The third-order valence-corrected chi connectivity index (χ3v) is 5.13. The van der Waals surface area contributed by atoms with Gasteiger partial charge in [-0.25, -0.2) is 12.8 Å². The molecule has 0 saturated carbocycles. The van der Waals surface area contributed by atoms with Crippen molar-refractivity contribution in [2.45, 2.75) is 37.5 Å². The van der Waals surface area contributed by atoms with E-state index in [2.05, 4.69) is 5.32 Å². The van der Waals surface area contributed by atoms with Crippen molar-refractivity contribution < 1.29 is 12.8 Å². The monoisotopic (exact) mass is 285 g/mol. The van der Waals surface area contributed by atoms with Crippen molar-refractivity contribution in [2.75, 3.05) is 12.3 Å². The number of rotatable bonds is 5. The molecular formula is C14H20FNO2S. The van der Waals surface area contributed by atoms with Gasteiger partial charge in [-0.1, -0.05) is 24.6 Å². The standard InChI is InChI=1S/C14H20FNO2S/c15-14-7-2-1-5-12(14)11-19(17,18)10-8-13-6-3-4-9-16-13/h1-2,5,7,13,16H,3-4,6,8-11H2. The molecule has 19 heavy (non-hydrogen) atoms. The maximum atomic E-state index is 13.4. The smallest absolute Gasteiger partial charge is 0.154 e. The largest absolute Gasteiger partial charge is 0.314 e. The van der Waals surface area contributed by atoms with Crippen molar-refractivity contribution in [3.8, 4) is 0 Å². The number of halogens is 1. The van der Waals surface area contributed by atoms with Crippen LogP contribution in [0.3, 0.4) is 0 Å². The minimum atomic E-state index is -3.24. The molecule has 0 bridgehead atoms. The fourth-order valence-corrected chi connectivity index (χ4v) is 3.91. The topological polar surface area (TPSA) is 46.2 Å². The van der Waals surface area contributed by atoms with Gasteiger partial charge >= 0.3 is 0 Å². The maximum absolute atomic E-state index is 13.4. The minimum Gasteiger partial charge on any atom is -0.314 e. The minimum absolute atomic E-state index is 0.124. The van der Waals surface area contributed by atoms with Gasteiger partial charge in [-0.3, -0.25) is 0 Å². The average molecular weight is 285 g/mol. The molecule has 0 amide bonds. The van der Waals surface area contributed by atoms with Gasteiger partial charge in [-0.05, 0) is 31.9 Å². The van der Waals surface area contributed by atoms with Gasteiger partial charge in [0.2, 0.25) is 0 Å². The van der Waals surface area contributed by atoms with Crippen molar-refractivity contribution in [3.63, 3.8) is 0 Å². The molecule has 1 aliphatic heterocycles. The van der Waals surface area contributed by atoms with Gasteiger partial charge in [-0.2, -0.15) is 0 Å². The first-order chi connectivity index (χ1) is 9.07. The molecule has 5 heteroatoms. The lowest BCUT2D eigenvalue weighted by Gasteiger charge is -2.23. The Labute approximate surface area is 114 Å². The predicted molar refractivity (Wildman–Crippen MR) is 74.1 cm³/mol. The van der Waals surface area contributed by atoms with E-state index in [9.17, 15) is 12.8 Å². The van der Waals surface area contributed by atoms with Crippen molar-refractivity contribution in [1.29, 1.82) is 0 Å². The number of benzene rings is 1. The molecule has 1 aliphatic rings. The highest BCUT2D eigenvalue weighted by Gasteiger charge is 2.19. The van der Waals surface area contributed by atoms with Gasteiger partial charge in [-0.15, -0.1) is 0 Å². The van der Waals surface area contributed by atoms with Crippen LogP contribution in [-0.4, -0.2) is 26.8 Å². The Balaban J connectivity index is 1.90. The van der Waals surface area contributed by atoms with Gasteiger partial charge in [0.05, 0.1) is 11.5 Å². The van der Waals surface area contributed by atoms with Crippen LogP contribution >= 0.6 is 0 Å². The Morgan fingerprint density at radius 2 is 2.05 bits per heavy atom. The number of piperidine rings is 1. The zero-order valence-corrected chi connectivity index (χ0v) is 11.8. The Bertz CT molecular complexity index is 510. The van der Waals surface area contributed by atoms with Gasteiger partial charge in [0.1, 0.15) is 5.82 Å².